The van der Waals surface area contributed by atoms with E-state index in [-0.39, 0.29) is 17.4 Å². The molecular weight excluding hydrogens is 408 g/mol. The maximum absolute atomic E-state index is 13.3. The molecule has 0 bridgehead atoms. The topological polar surface area (TPSA) is 78.9 Å². The quantitative estimate of drug-likeness (QED) is 0.332. The normalized spacial score (nSPS) is 11.8. The van der Waals surface area contributed by atoms with Crippen molar-refractivity contribution in [2.75, 3.05) is 18.1 Å². The standard InChI is InChI=1S/C24H34N2O4Si/c1-24(2,3)31(4,5)30-18-17-26(21-9-7-6-8-10-21)23(28)20-14-11-19(12-15-20)13-16-22(27)25-29/h6-12,14-15,29H,13,16-18H2,1-5H3,(H,25,27). The van der Waals surface area contributed by atoms with Crippen molar-refractivity contribution >= 4 is 25.8 Å². The van der Waals surface area contributed by atoms with E-state index >= 15 is 0 Å². The minimum Gasteiger partial charge on any atom is -0.415 e. The van der Waals surface area contributed by atoms with E-state index in [1.807, 2.05) is 42.5 Å². The number of hydroxylamine groups is 1. The number of aryl methyl sites for hydroxylation is 1. The summed E-state index contributed by atoms with van der Waals surface area (Å²) in [5, 5.41) is 8.72. The number of hydrogen-bond donors (Lipinski definition) is 2. The lowest BCUT2D eigenvalue weighted by molar-refractivity contribution is -0.129. The van der Waals surface area contributed by atoms with Gasteiger partial charge in [-0.2, -0.15) is 0 Å². The smallest absolute Gasteiger partial charge is 0.258 e. The number of hydrogen-bond acceptors (Lipinski definition) is 4. The van der Waals surface area contributed by atoms with Crippen molar-refractivity contribution in [3.63, 3.8) is 0 Å². The molecule has 0 heterocycles. The molecule has 0 aliphatic heterocycles. The summed E-state index contributed by atoms with van der Waals surface area (Å²) in [6.07, 6.45) is 0.675. The number of nitrogens with one attached hydrogen (secondary N) is 1. The second-order valence-corrected chi connectivity index (χ2v) is 13.9. The first-order valence-corrected chi connectivity index (χ1v) is 13.5. The lowest BCUT2D eigenvalue weighted by Crippen LogP contribution is -2.43. The number of carbonyl (C=O) groups excluding carboxylic acids is 2. The van der Waals surface area contributed by atoms with Crippen molar-refractivity contribution in [2.24, 2.45) is 0 Å². The Morgan fingerprint density at radius 2 is 1.65 bits per heavy atom. The first kappa shape index (κ1) is 24.8. The number of carbonyl (C=O) groups is 2. The Morgan fingerprint density at radius 1 is 1.03 bits per heavy atom. The largest absolute Gasteiger partial charge is 0.415 e. The van der Waals surface area contributed by atoms with Gasteiger partial charge in [0.15, 0.2) is 8.32 Å². The molecule has 2 aromatic rings. The van der Waals surface area contributed by atoms with Crippen LogP contribution >= 0.6 is 0 Å². The number of amides is 2. The Kier molecular flexibility index (Phi) is 8.56. The Labute approximate surface area is 186 Å². The summed E-state index contributed by atoms with van der Waals surface area (Å²) < 4.78 is 6.30. The summed E-state index contributed by atoms with van der Waals surface area (Å²) in [7, 11) is -1.90. The number of benzene rings is 2. The van der Waals surface area contributed by atoms with Crippen LogP contribution in [0.2, 0.25) is 18.1 Å². The number of rotatable bonds is 9. The van der Waals surface area contributed by atoms with Gasteiger partial charge in [-0.25, -0.2) is 5.48 Å². The fourth-order valence-electron chi connectivity index (χ4n) is 2.85. The van der Waals surface area contributed by atoms with Crippen LogP contribution in [0.5, 0.6) is 0 Å². The number of anilines is 1. The molecule has 2 N–H and O–H groups in total. The predicted octanol–water partition coefficient (Wildman–Crippen LogP) is 4.79. The average molecular weight is 443 g/mol. The zero-order valence-electron chi connectivity index (χ0n) is 19.1. The Hall–Kier alpha value is -2.48. The summed E-state index contributed by atoms with van der Waals surface area (Å²) in [4.78, 5) is 26.3. The van der Waals surface area contributed by atoms with Crippen molar-refractivity contribution in [2.45, 2.75) is 51.7 Å². The lowest BCUT2D eigenvalue weighted by atomic mass is 10.1. The van der Waals surface area contributed by atoms with Gasteiger partial charge >= 0.3 is 0 Å². The third kappa shape index (κ3) is 7.02. The molecule has 0 aliphatic rings. The zero-order valence-corrected chi connectivity index (χ0v) is 20.1. The number of para-hydroxylation sites is 1. The third-order valence-corrected chi connectivity index (χ3v) is 10.4. The summed E-state index contributed by atoms with van der Waals surface area (Å²) >= 11 is 0. The molecule has 2 aromatic carbocycles. The van der Waals surface area contributed by atoms with E-state index in [0.29, 0.717) is 25.1 Å². The monoisotopic (exact) mass is 442 g/mol. The number of nitrogens with zero attached hydrogens (tertiary/aromatic N) is 1. The van der Waals surface area contributed by atoms with Gasteiger partial charge in [-0.05, 0) is 54.4 Å². The Bertz CT molecular complexity index is 861. The molecule has 2 rings (SSSR count). The third-order valence-electron chi connectivity index (χ3n) is 5.86. The lowest BCUT2D eigenvalue weighted by Gasteiger charge is -2.36. The molecular formula is C24H34N2O4Si. The zero-order chi connectivity index (χ0) is 23.1. The van der Waals surface area contributed by atoms with E-state index in [4.69, 9.17) is 9.63 Å². The SMILES string of the molecule is CC(C)(C)[Si](C)(C)OCCN(C(=O)c1ccc(CCC(=O)NO)cc1)c1ccccc1. The summed E-state index contributed by atoms with van der Waals surface area (Å²) in [5.41, 5.74) is 3.96. The van der Waals surface area contributed by atoms with Crippen LogP contribution in [0, 0.1) is 0 Å². The molecule has 0 saturated carbocycles. The fourth-order valence-corrected chi connectivity index (χ4v) is 3.88. The molecule has 6 nitrogen and oxygen atoms in total. The molecule has 0 atom stereocenters. The molecule has 0 spiro atoms. The Balaban J connectivity index is 2.13. The fraction of sp³-hybridized carbons (Fsp3) is 0.417. The van der Waals surface area contributed by atoms with Gasteiger partial charge in [0, 0.05) is 24.2 Å². The highest BCUT2D eigenvalue weighted by molar-refractivity contribution is 6.74. The second kappa shape index (κ2) is 10.7. The van der Waals surface area contributed by atoms with Gasteiger partial charge in [0.25, 0.3) is 5.91 Å². The average Bonchev–Trinajstić information content (AvgIpc) is 2.74. The molecule has 168 valence electrons. The van der Waals surface area contributed by atoms with Gasteiger partial charge in [-0.1, -0.05) is 51.1 Å². The van der Waals surface area contributed by atoms with Crippen molar-refractivity contribution < 1.29 is 19.2 Å². The van der Waals surface area contributed by atoms with Crippen molar-refractivity contribution in [3.8, 4) is 0 Å². The van der Waals surface area contributed by atoms with Gasteiger partial charge in [-0.3, -0.25) is 14.8 Å². The molecule has 0 fully saturated rings. The minimum absolute atomic E-state index is 0.0929. The van der Waals surface area contributed by atoms with Crippen LogP contribution in [0.1, 0.15) is 43.1 Å². The molecule has 0 aromatic heterocycles. The first-order chi connectivity index (χ1) is 14.5. The van der Waals surface area contributed by atoms with Gasteiger partial charge in [-0.15, -0.1) is 0 Å². The maximum Gasteiger partial charge on any atom is 0.258 e. The highest BCUT2D eigenvalue weighted by Gasteiger charge is 2.37. The Morgan fingerprint density at radius 3 is 2.19 bits per heavy atom. The van der Waals surface area contributed by atoms with Crippen LogP contribution in [0.25, 0.3) is 0 Å². The van der Waals surface area contributed by atoms with Crippen molar-refractivity contribution in [1.29, 1.82) is 0 Å². The predicted molar refractivity (Wildman–Crippen MR) is 126 cm³/mol. The van der Waals surface area contributed by atoms with Crippen LogP contribution in [-0.2, 0) is 15.6 Å². The molecule has 0 aliphatic carbocycles. The van der Waals surface area contributed by atoms with Crippen molar-refractivity contribution in [3.05, 3.63) is 65.7 Å². The first-order valence-electron chi connectivity index (χ1n) is 10.6. The minimum atomic E-state index is -1.90. The van der Waals surface area contributed by atoms with Gasteiger partial charge < -0.3 is 9.33 Å². The van der Waals surface area contributed by atoms with E-state index < -0.39 is 14.2 Å². The van der Waals surface area contributed by atoms with E-state index in [2.05, 4.69) is 33.9 Å². The summed E-state index contributed by atoms with van der Waals surface area (Å²) in [6.45, 7) is 12.0. The highest BCUT2D eigenvalue weighted by Crippen LogP contribution is 2.36. The van der Waals surface area contributed by atoms with E-state index in [1.54, 1.807) is 22.5 Å². The van der Waals surface area contributed by atoms with E-state index in [9.17, 15) is 9.59 Å². The molecule has 0 radical (unpaired) electrons. The second-order valence-electron chi connectivity index (χ2n) is 9.13. The molecule has 7 heteroatoms. The van der Waals surface area contributed by atoms with E-state index in [0.717, 1.165) is 11.3 Å². The van der Waals surface area contributed by atoms with E-state index in [1.165, 1.54) is 0 Å². The van der Waals surface area contributed by atoms with Gasteiger partial charge in [0.1, 0.15) is 0 Å². The molecule has 31 heavy (non-hydrogen) atoms. The maximum atomic E-state index is 13.3. The van der Waals surface area contributed by atoms with Gasteiger partial charge in [0.05, 0.1) is 6.61 Å². The van der Waals surface area contributed by atoms with Crippen LogP contribution < -0.4 is 10.4 Å². The van der Waals surface area contributed by atoms with Crippen LogP contribution in [0.3, 0.4) is 0 Å². The van der Waals surface area contributed by atoms with Gasteiger partial charge in [0.2, 0.25) is 5.91 Å². The molecule has 0 unspecified atom stereocenters. The summed E-state index contributed by atoms with van der Waals surface area (Å²) in [6, 6.07) is 16.8. The summed E-state index contributed by atoms with van der Waals surface area (Å²) in [5.74, 6) is -0.526. The highest BCUT2D eigenvalue weighted by atomic mass is 28.4. The van der Waals surface area contributed by atoms with Crippen molar-refractivity contribution in [1.82, 2.24) is 5.48 Å². The molecule has 0 saturated heterocycles. The molecule has 2 amide bonds. The van der Waals surface area contributed by atoms with Crippen LogP contribution in [-0.4, -0.2) is 38.5 Å². The van der Waals surface area contributed by atoms with Crippen LogP contribution in [0.15, 0.2) is 54.6 Å². The van der Waals surface area contributed by atoms with Crippen LogP contribution in [0.4, 0.5) is 5.69 Å².